The summed E-state index contributed by atoms with van der Waals surface area (Å²) in [5, 5.41) is 9.63. The normalized spacial score (nSPS) is 28.4. The number of hydrogen-bond donors (Lipinski definition) is 1. The molecule has 2 aliphatic rings. The lowest BCUT2D eigenvalue weighted by Gasteiger charge is -2.34. The molecule has 1 aromatic carbocycles. The average molecular weight is 340 g/mol. The number of carbonyl (C=O) groups excluding carboxylic acids is 1. The number of hydrogen-bond acceptors (Lipinski definition) is 2. The van der Waals surface area contributed by atoms with Crippen molar-refractivity contribution in [3.05, 3.63) is 34.6 Å². The fraction of sp³-hybridized carbons (Fsp3) is 0.611. The Bertz CT molecular complexity index is 552. The Hall–Kier alpha value is -1.13. The predicted octanol–water partition coefficient (Wildman–Crippen LogP) is 3.42. The van der Waals surface area contributed by atoms with Crippen LogP contribution in [0.3, 0.4) is 0 Å². The molecule has 1 saturated heterocycles. The van der Waals surface area contributed by atoms with Gasteiger partial charge in [-0.25, -0.2) is 4.39 Å². The molecule has 5 heteroatoms. The second-order valence-corrected chi connectivity index (χ2v) is 7.19. The van der Waals surface area contributed by atoms with Crippen LogP contribution in [-0.2, 0) is 11.2 Å². The molecule has 1 atom stereocenters. The molecule has 0 radical (unpaired) electrons. The number of nitrogens with zero attached hydrogens (tertiary/aromatic N) is 1. The first kappa shape index (κ1) is 16.7. The van der Waals surface area contributed by atoms with E-state index in [1.54, 1.807) is 12.1 Å². The standard InChI is InChI=1S/C18H23ClFNO2/c19-16-2-1-3-17(20)15(16)10-13-8-9-21(18(13)23)14-6-4-12(11-22)5-7-14/h1-3,12-14,22H,4-11H2. The van der Waals surface area contributed by atoms with E-state index in [-0.39, 0.29) is 30.3 Å². The van der Waals surface area contributed by atoms with E-state index in [4.69, 9.17) is 11.6 Å². The molecule has 0 bridgehead atoms. The summed E-state index contributed by atoms with van der Waals surface area (Å²) in [7, 11) is 0. The fourth-order valence-corrected chi connectivity index (χ4v) is 4.17. The predicted molar refractivity (Wildman–Crippen MR) is 87.8 cm³/mol. The molecule has 1 N–H and O–H groups in total. The van der Waals surface area contributed by atoms with Crippen LogP contribution in [0.5, 0.6) is 0 Å². The lowest BCUT2D eigenvalue weighted by atomic mass is 9.86. The zero-order chi connectivity index (χ0) is 16.4. The molecule has 1 amide bonds. The molecule has 1 heterocycles. The molecule has 1 unspecified atom stereocenters. The SMILES string of the molecule is O=C1C(Cc2c(F)cccc2Cl)CCN1C1CCC(CO)CC1. The van der Waals surface area contributed by atoms with Crippen molar-refractivity contribution in [1.82, 2.24) is 4.90 Å². The van der Waals surface area contributed by atoms with Crippen LogP contribution in [0.4, 0.5) is 4.39 Å². The number of amides is 1. The van der Waals surface area contributed by atoms with Gasteiger partial charge < -0.3 is 10.0 Å². The van der Waals surface area contributed by atoms with Crippen molar-refractivity contribution in [2.45, 2.75) is 44.6 Å². The van der Waals surface area contributed by atoms with Crippen LogP contribution < -0.4 is 0 Å². The Balaban J connectivity index is 1.63. The van der Waals surface area contributed by atoms with Gasteiger partial charge in [0.2, 0.25) is 5.91 Å². The smallest absolute Gasteiger partial charge is 0.226 e. The molecule has 2 fully saturated rings. The number of aliphatic hydroxyl groups excluding tert-OH is 1. The van der Waals surface area contributed by atoms with E-state index in [2.05, 4.69) is 0 Å². The first-order valence-corrected chi connectivity index (χ1v) is 8.82. The van der Waals surface area contributed by atoms with E-state index in [0.29, 0.717) is 22.9 Å². The lowest BCUT2D eigenvalue weighted by molar-refractivity contribution is -0.133. The van der Waals surface area contributed by atoms with E-state index in [9.17, 15) is 14.3 Å². The van der Waals surface area contributed by atoms with Gasteiger partial charge in [-0.1, -0.05) is 17.7 Å². The third kappa shape index (κ3) is 3.53. The highest BCUT2D eigenvalue weighted by Gasteiger charge is 2.37. The Kier molecular flexibility index (Phi) is 5.22. The van der Waals surface area contributed by atoms with E-state index in [0.717, 1.165) is 38.6 Å². The van der Waals surface area contributed by atoms with E-state index >= 15 is 0 Å². The van der Waals surface area contributed by atoms with Gasteiger partial charge in [0, 0.05) is 35.7 Å². The van der Waals surface area contributed by atoms with Crippen molar-refractivity contribution in [2.75, 3.05) is 13.2 Å². The zero-order valence-electron chi connectivity index (χ0n) is 13.2. The first-order chi connectivity index (χ1) is 11.1. The molecule has 23 heavy (non-hydrogen) atoms. The monoisotopic (exact) mass is 339 g/mol. The van der Waals surface area contributed by atoms with Gasteiger partial charge in [0.1, 0.15) is 5.82 Å². The van der Waals surface area contributed by atoms with Crippen LogP contribution >= 0.6 is 11.6 Å². The second-order valence-electron chi connectivity index (χ2n) is 6.78. The summed E-state index contributed by atoms with van der Waals surface area (Å²) in [6.07, 6.45) is 5.04. The largest absolute Gasteiger partial charge is 0.396 e. The van der Waals surface area contributed by atoms with Gasteiger partial charge in [0.15, 0.2) is 0 Å². The molecule has 0 aromatic heterocycles. The van der Waals surface area contributed by atoms with Crippen molar-refractivity contribution in [3.8, 4) is 0 Å². The highest BCUT2D eigenvalue weighted by atomic mass is 35.5. The van der Waals surface area contributed by atoms with Crippen molar-refractivity contribution in [3.63, 3.8) is 0 Å². The van der Waals surface area contributed by atoms with Crippen LogP contribution in [0.1, 0.15) is 37.7 Å². The quantitative estimate of drug-likeness (QED) is 0.913. The minimum atomic E-state index is -0.327. The highest BCUT2D eigenvalue weighted by molar-refractivity contribution is 6.31. The molecule has 1 aliphatic heterocycles. The van der Waals surface area contributed by atoms with Crippen molar-refractivity contribution in [1.29, 1.82) is 0 Å². The molecule has 3 rings (SSSR count). The van der Waals surface area contributed by atoms with Gasteiger partial charge in [0.05, 0.1) is 0 Å². The topological polar surface area (TPSA) is 40.5 Å². The van der Waals surface area contributed by atoms with Gasteiger partial charge in [-0.2, -0.15) is 0 Å². The van der Waals surface area contributed by atoms with Crippen molar-refractivity contribution >= 4 is 17.5 Å². The summed E-state index contributed by atoms with van der Waals surface area (Å²) in [6.45, 7) is 0.999. The Labute approximate surface area is 141 Å². The molecular formula is C18H23ClFNO2. The number of halogens is 2. The molecule has 3 nitrogen and oxygen atoms in total. The molecule has 0 spiro atoms. The van der Waals surface area contributed by atoms with E-state index in [1.165, 1.54) is 6.07 Å². The average Bonchev–Trinajstić information content (AvgIpc) is 2.92. The summed E-state index contributed by atoms with van der Waals surface area (Å²) in [6, 6.07) is 4.94. The van der Waals surface area contributed by atoms with Crippen LogP contribution in [-0.4, -0.2) is 35.1 Å². The highest BCUT2D eigenvalue weighted by Crippen LogP contribution is 2.33. The number of carbonyl (C=O) groups is 1. The van der Waals surface area contributed by atoms with Gasteiger partial charge in [-0.3, -0.25) is 4.79 Å². The third-order valence-electron chi connectivity index (χ3n) is 5.38. The summed E-state index contributed by atoms with van der Waals surface area (Å²) in [5.41, 5.74) is 0.457. The minimum absolute atomic E-state index is 0.136. The molecule has 1 aromatic rings. The van der Waals surface area contributed by atoms with Crippen LogP contribution in [0.15, 0.2) is 18.2 Å². The van der Waals surface area contributed by atoms with E-state index in [1.807, 2.05) is 4.90 Å². The molecule has 126 valence electrons. The minimum Gasteiger partial charge on any atom is -0.396 e. The third-order valence-corrected chi connectivity index (χ3v) is 5.73. The van der Waals surface area contributed by atoms with Gasteiger partial charge in [-0.05, 0) is 56.6 Å². The van der Waals surface area contributed by atoms with Crippen LogP contribution in [0.2, 0.25) is 5.02 Å². The van der Waals surface area contributed by atoms with Crippen molar-refractivity contribution in [2.24, 2.45) is 11.8 Å². The van der Waals surface area contributed by atoms with Crippen LogP contribution in [0.25, 0.3) is 0 Å². The van der Waals surface area contributed by atoms with Crippen molar-refractivity contribution < 1.29 is 14.3 Å². The fourth-order valence-electron chi connectivity index (χ4n) is 3.93. The van der Waals surface area contributed by atoms with E-state index < -0.39 is 0 Å². The van der Waals surface area contributed by atoms with Gasteiger partial charge in [0.25, 0.3) is 0 Å². The zero-order valence-corrected chi connectivity index (χ0v) is 13.9. The van der Waals surface area contributed by atoms with Gasteiger partial charge in [-0.15, -0.1) is 0 Å². The summed E-state index contributed by atoms with van der Waals surface area (Å²) >= 11 is 6.08. The number of aliphatic hydroxyl groups is 1. The Morgan fingerprint density at radius 3 is 2.61 bits per heavy atom. The summed E-state index contributed by atoms with van der Waals surface area (Å²) < 4.78 is 13.9. The Morgan fingerprint density at radius 2 is 1.96 bits per heavy atom. The second kappa shape index (κ2) is 7.18. The molecular weight excluding hydrogens is 317 g/mol. The number of rotatable bonds is 4. The van der Waals surface area contributed by atoms with Gasteiger partial charge >= 0.3 is 0 Å². The maximum absolute atomic E-state index is 13.9. The summed E-state index contributed by atoms with van der Waals surface area (Å²) in [5.74, 6) is 0.0286. The number of likely N-dealkylation sites (tertiary alicyclic amines) is 1. The maximum Gasteiger partial charge on any atom is 0.226 e. The first-order valence-electron chi connectivity index (χ1n) is 8.44. The van der Waals surface area contributed by atoms with Crippen LogP contribution in [0, 0.1) is 17.7 Å². The summed E-state index contributed by atoms with van der Waals surface area (Å²) in [4.78, 5) is 14.7. The maximum atomic E-state index is 13.9. The Morgan fingerprint density at radius 1 is 1.22 bits per heavy atom. The number of benzene rings is 1. The molecule has 1 saturated carbocycles. The molecule has 1 aliphatic carbocycles. The lowest BCUT2D eigenvalue weighted by Crippen LogP contribution is -2.40.